The first-order valence-electron chi connectivity index (χ1n) is 13.2. The van der Waals surface area contributed by atoms with Crippen LogP contribution in [0.15, 0.2) is 23.4 Å². The number of hydrogen-bond donors (Lipinski definition) is 7. The first kappa shape index (κ1) is 21.3. The molecule has 0 amide bonds. The van der Waals surface area contributed by atoms with Crippen LogP contribution in [0.1, 0.15) is 51.4 Å². The van der Waals surface area contributed by atoms with Crippen LogP contribution in [-0.2, 0) is 0 Å². The van der Waals surface area contributed by atoms with E-state index in [-0.39, 0.29) is 41.7 Å². The van der Waals surface area contributed by atoms with E-state index in [4.69, 9.17) is 22.9 Å². The number of aliphatic hydroxyl groups is 3. The smallest absolute Gasteiger partial charge is 0.105 e. The molecular weight excluding hydrogens is 416 g/mol. The summed E-state index contributed by atoms with van der Waals surface area (Å²) in [6, 6.07) is -1.21. The molecular formula is C26H40N4O3. The summed E-state index contributed by atoms with van der Waals surface area (Å²) < 4.78 is 0. The van der Waals surface area contributed by atoms with E-state index in [9.17, 15) is 15.3 Å². The highest BCUT2D eigenvalue weighted by atomic mass is 16.3. The predicted octanol–water partition coefficient (Wildman–Crippen LogP) is 0.0762. The first-order chi connectivity index (χ1) is 15.5. The molecule has 8 saturated carbocycles. The molecule has 0 aromatic rings. The fourth-order valence-electron chi connectivity index (χ4n) is 10.8. The highest BCUT2D eigenvalue weighted by molar-refractivity contribution is 5.42. The first-order valence-corrected chi connectivity index (χ1v) is 13.2. The molecule has 8 bridgehead atoms. The summed E-state index contributed by atoms with van der Waals surface area (Å²) in [6.45, 7) is 0. The van der Waals surface area contributed by atoms with Gasteiger partial charge in [0.15, 0.2) is 0 Å². The van der Waals surface area contributed by atoms with Crippen molar-refractivity contribution < 1.29 is 15.3 Å². The van der Waals surface area contributed by atoms with Gasteiger partial charge < -0.3 is 38.3 Å². The van der Waals surface area contributed by atoms with Crippen molar-refractivity contribution in [1.29, 1.82) is 0 Å². The van der Waals surface area contributed by atoms with Crippen LogP contribution in [0, 0.1) is 47.3 Å². The minimum absolute atomic E-state index is 0.0593. The van der Waals surface area contributed by atoms with Crippen molar-refractivity contribution in [2.75, 3.05) is 0 Å². The average molecular weight is 457 g/mol. The molecule has 33 heavy (non-hydrogen) atoms. The maximum Gasteiger partial charge on any atom is 0.105 e. The molecule has 0 heterocycles. The standard InChI is InChI=1S/C26H40N4O3/c27-17-1-2-26(33,20-14-4-12-6-16(20)22(29)25(32,8-12)10-14)23(30)19(17)18-13-3-11-5-15(18)21(28)24(31,7-11)9-13/h1-2,11-16,18,20-23,31-33H,3-10,27-30H2. The molecule has 0 aliphatic heterocycles. The third kappa shape index (κ3) is 2.56. The Hall–Kier alpha value is -0.960. The summed E-state index contributed by atoms with van der Waals surface area (Å²) >= 11 is 0. The molecule has 14 atom stereocenters. The zero-order valence-electron chi connectivity index (χ0n) is 19.3. The highest BCUT2D eigenvalue weighted by Gasteiger charge is 2.66. The van der Waals surface area contributed by atoms with Gasteiger partial charge in [-0.2, -0.15) is 0 Å². The fraction of sp³-hybridized carbons (Fsp3) is 0.846. The van der Waals surface area contributed by atoms with E-state index in [1.54, 1.807) is 0 Å². The fourth-order valence-corrected chi connectivity index (χ4v) is 10.8. The Labute approximate surface area is 195 Å². The number of hydrogen-bond acceptors (Lipinski definition) is 7. The second-order valence-corrected chi connectivity index (χ2v) is 13.3. The van der Waals surface area contributed by atoms with Gasteiger partial charge in [-0.15, -0.1) is 0 Å². The molecule has 11 N–H and O–H groups in total. The van der Waals surface area contributed by atoms with Gasteiger partial charge in [0.05, 0.1) is 17.2 Å². The predicted molar refractivity (Wildman–Crippen MR) is 124 cm³/mol. The lowest BCUT2D eigenvalue weighted by Gasteiger charge is -2.65. The van der Waals surface area contributed by atoms with Crippen molar-refractivity contribution in [2.24, 2.45) is 70.3 Å². The van der Waals surface area contributed by atoms with E-state index in [0.717, 1.165) is 44.1 Å². The Bertz CT molecular complexity index is 954. The highest BCUT2D eigenvalue weighted by Crippen LogP contribution is 2.64. The zero-order chi connectivity index (χ0) is 23.1. The molecule has 0 saturated heterocycles. The number of nitrogens with two attached hydrogens (primary N) is 4. The summed E-state index contributed by atoms with van der Waals surface area (Å²) in [5.41, 5.74) is 25.7. The van der Waals surface area contributed by atoms with Gasteiger partial charge in [0.2, 0.25) is 0 Å². The lowest BCUT2D eigenvalue weighted by Crippen LogP contribution is -2.73. The Morgan fingerprint density at radius 1 is 0.758 bits per heavy atom. The normalized spacial score (nSPS) is 63.0. The van der Waals surface area contributed by atoms with E-state index >= 15 is 0 Å². The molecule has 14 unspecified atom stereocenters. The lowest BCUT2D eigenvalue weighted by molar-refractivity contribution is -0.203. The second kappa shape index (κ2) is 6.42. The van der Waals surface area contributed by atoms with E-state index in [0.29, 0.717) is 36.3 Å². The van der Waals surface area contributed by atoms with Gasteiger partial charge in [0.1, 0.15) is 5.60 Å². The Morgan fingerprint density at radius 3 is 2.03 bits per heavy atom. The van der Waals surface area contributed by atoms with Crippen LogP contribution in [-0.4, -0.2) is 50.2 Å². The monoisotopic (exact) mass is 456 g/mol. The molecule has 0 aromatic carbocycles. The van der Waals surface area contributed by atoms with E-state index in [1.807, 2.05) is 12.2 Å². The quantitative estimate of drug-likeness (QED) is 0.309. The Morgan fingerprint density at radius 2 is 1.33 bits per heavy atom. The molecule has 8 fully saturated rings. The van der Waals surface area contributed by atoms with Gasteiger partial charge in [0.25, 0.3) is 0 Å². The van der Waals surface area contributed by atoms with Crippen molar-refractivity contribution >= 4 is 0 Å². The Kier molecular flexibility index (Phi) is 4.15. The van der Waals surface area contributed by atoms with Crippen molar-refractivity contribution in [3.63, 3.8) is 0 Å². The van der Waals surface area contributed by atoms with Crippen molar-refractivity contribution in [3.8, 4) is 0 Å². The largest absolute Gasteiger partial charge is 0.399 e. The van der Waals surface area contributed by atoms with Gasteiger partial charge in [-0.3, -0.25) is 0 Å². The van der Waals surface area contributed by atoms with Gasteiger partial charge in [-0.25, -0.2) is 0 Å². The summed E-state index contributed by atoms with van der Waals surface area (Å²) in [4.78, 5) is 0. The van der Waals surface area contributed by atoms with Crippen LogP contribution < -0.4 is 22.9 Å². The molecule has 9 aliphatic carbocycles. The van der Waals surface area contributed by atoms with Gasteiger partial charge >= 0.3 is 0 Å². The molecule has 182 valence electrons. The number of rotatable bonds is 2. The average Bonchev–Trinajstić information content (AvgIpc) is 2.73. The summed E-state index contributed by atoms with van der Waals surface area (Å²) in [7, 11) is 0. The third-order valence-corrected chi connectivity index (χ3v) is 11.7. The third-order valence-electron chi connectivity index (χ3n) is 11.7. The molecule has 9 rings (SSSR count). The van der Waals surface area contributed by atoms with Crippen LogP contribution in [0.5, 0.6) is 0 Å². The molecule has 7 heteroatoms. The van der Waals surface area contributed by atoms with E-state index in [2.05, 4.69) is 0 Å². The Balaban J connectivity index is 1.26. The topological polar surface area (TPSA) is 165 Å². The van der Waals surface area contributed by atoms with Gasteiger partial charge in [-0.1, -0.05) is 0 Å². The van der Waals surface area contributed by atoms with E-state index < -0.39 is 22.8 Å². The van der Waals surface area contributed by atoms with Gasteiger partial charge in [-0.05, 0) is 111 Å². The maximum atomic E-state index is 12.3. The zero-order valence-corrected chi connectivity index (χ0v) is 19.3. The van der Waals surface area contributed by atoms with E-state index in [1.165, 1.54) is 0 Å². The second-order valence-electron chi connectivity index (χ2n) is 13.3. The summed E-state index contributed by atoms with van der Waals surface area (Å²) in [5.74, 6) is 1.78. The lowest BCUT2D eigenvalue weighted by atomic mass is 9.43. The van der Waals surface area contributed by atoms with Crippen LogP contribution in [0.4, 0.5) is 0 Å². The molecule has 0 spiro atoms. The minimum atomic E-state index is -1.23. The van der Waals surface area contributed by atoms with Crippen LogP contribution >= 0.6 is 0 Å². The number of allylic oxidation sites excluding steroid dienone is 1. The summed E-state index contributed by atoms with van der Waals surface area (Å²) in [5, 5.41) is 34.7. The SMILES string of the molecule is NC1=C(C2C3CC4CC2C(N)C(O)(C4)C3)C(N)C(O)(C2C3CC4CC2C(N)C(O)(C4)C3)C=C1. The summed E-state index contributed by atoms with van der Waals surface area (Å²) in [6.07, 6.45) is 10.7. The van der Waals surface area contributed by atoms with Crippen molar-refractivity contribution in [1.82, 2.24) is 0 Å². The molecule has 0 aromatic heterocycles. The van der Waals surface area contributed by atoms with Crippen LogP contribution in [0.2, 0.25) is 0 Å². The van der Waals surface area contributed by atoms with Gasteiger partial charge in [0, 0.05) is 23.7 Å². The molecule has 9 aliphatic rings. The molecule has 7 nitrogen and oxygen atoms in total. The molecule has 0 radical (unpaired) electrons. The maximum absolute atomic E-state index is 12.3. The van der Waals surface area contributed by atoms with Crippen LogP contribution in [0.3, 0.4) is 0 Å². The van der Waals surface area contributed by atoms with Crippen molar-refractivity contribution in [3.05, 3.63) is 23.4 Å². The van der Waals surface area contributed by atoms with Crippen LogP contribution in [0.25, 0.3) is 0 Å². The minimum Gasteiger partial charge on any atom is -0.399 e. The van der Waals surface area contributed by atoms with Crippen molar-refractivity contribution in [2.45, 2.75) is 86.3 Å².